The highest BCUT2D eigenvalue weighted by Crippen LogP contribution is 2.42. The number of amides is 1. The van der Waals surface area contributed by atoms with E-state index < -0.39 is 15.8 Å². The Kier molecular flexibility index (Phi) is 6.97. The zero-order valence-electron chi connectivity index (χ0n) is 21.7. The van der Waals surface area contributed by atoms with Crippen LogP contribution in [0.3, 0.4) is 0 Å². The fourth-order valence-corrected chi connectivity index (χ4v) is 5.52. The van der Waals surface area contributed by atoms with Gasteiger partial charge in [-0.2, -0.15) is 0 Å². The fraction of sp³-hybridized carbons (Fsp3) is 0.129. The van der Waals surface area contributed by atoms with Crippen molar-refractivity contribution in [1.29, 1.82) is 0 Å². The number of carbonyl (C=O) groups is 1. The molecule has 0 saturated carbocycles. The molecule has 1 N–H and O–H groups in total. The largest absolute Gasteiger partial charge is 0.455 e. The van der Waals surface area contributed by atoms with Crippen molar-refractivity contribution in [2.24, 2.45) is 0 Å². The standard InChI is InChI=1S/C31H27FN2O4S/c1-20-12-14-23(15-13-20)30-29(31(35)33-2)26-17-25(22-9-5-4-6-10-22)27(18-28(26)38-30)34(39(3,36)37)19-21-8-7-11-24(32)16-21/h4-18H,19H2,1-3H3,(H,33,35). The quantitative estimate of drug-likeness (QED) is 0.253. The summed E-state index contributed by atoms with van der Waals surface area (Å²) in [4.78, 5) is 13.1. The van der Waals surface area contributed by atoms with E-state index >= 15 is 0 Å². The van der Waals surface area contributed by atoms with Gasteiger partial charge in [0.2, 0.25) is 10.0 Å². The summed E-state index contributed by atoms with van der Waals surface area (Å²) in [5.74, 6) is -0.393. The predicted molar refractivity (Wildman–Crippen MR) is 153 cm³/mol. The van der Waals surface area contributed by atoms with E-state index in [9.17, 15) is 17.6 Å². The van der Waals surface area contributed by atoms with Crippen molar-refractivity contribution in [3.05, 3.63) is 114 Å². The third-order valence-electron chi connectivity index (χ3n) is 6.54. The summed E-state index contributed by atoms with van der Waals surface area (Å²) in [6, 6.07) is 26.2. The lowest BCUT2D eigenvalue weighted by molar-refractivity contribution is 0.0964. The highest BCUT2D eigenvalue weighted by molar-refractivity contribution is 7.92. The van der Waals surface area contributed by atoms with Gasteiger partial charge in [0.05, 0.1) is 24.1 Å². The van der Waals surface area contributed by atoms with Gasteiger partial charge < -0.3 is 9.73 Å². The molecule has 0 bridgehead atoms. The lowest BCUT2D eigenvalue weighted by atomic mass is 9.98. The average Bonchev–Trinajstić information content (AvgIpc) is 3.29. The molecule has 1 aromatic heterocycles. The molecule has 8 heteroatoms. The molecule has 0 saturated heterocycles. The van der Waals surface area contributed by atoms with Crippen LogP contribution in [0.25, 0.3) is 33.4 Å². The number of nitrogens with zero attached hydrogens (tertiary/aromatic N) is 1. The van der Waals surface area contributed by atoms with Crippen LogP contribution in [0, 0.1) is 12.7 Å². The third-order valence-corrected chi connectivity index (χ3v) is 7.67. The summed E-state index contributed by atoms with van der Waals surface area (Å²) in [5, 5.41) is 3.25. The zero-order valence-corrected chi connectivity index (χ0v) is 22.6. The summed E-state index contributed by atoms with van der Waals surface area (Å²) in [6.07, 6.45) is 1.11. The molecule has 1 heterocycles. The number of aryl methyl sites for hydroxylation is 1. The van der Waals surface area contributed by atoms with Crippen LogP contribution in [0.1, 0.15) is 21.5 Å². The first-order valence-corrected chi connectivity index (χ1v) is 14.2. The minimum atomic E-state index is -3.82. The van der Waals surface area contributed by atoms with E-state index in [0.29, 0.717) is 39.1 Å². The van der Waals surface area contributed by atoms with Gasteiger partial charge in [0.15, 0.2) is 0 Å². The van der Waals surface area contributed by atoms with E-state index in [1.807, 2.05) is 61.5 Å². The number of nitrogens with one attached hydrogen (secondary N) is 1. The molecule has 4 aromatic carbocycles. The predicted octanol–water partition coefficient (Wildman–Crippen LogP) is 6.54. The number of carbonyl (C=O) groups excluding carboxylic acids is 1. The smallest absolute Gasteiger partial charge is 0.255 e. The van der Waals surface area contributed by atoms with Crippen LogP contribution in [0.4, 0.5) is 10.1 Å². The SMILES string of the molecule is CNC(=O)c1c(-c2ccc(C)cc2)oc2cc(N(Cc3cccc(F)c3)S(C)(=O)=O)c(-c3ccccc3)cc12. The molecule has 5 rings (SSSR count). The van der Waals surface area contributed by atoms with Crippen LogP contribution < -0.4 is 9.62 Å². The number of furan rings is 1. The first kappa shape index (κ1) is 26.2. The summed E-state index contributed by atoms with van der Waals surface area (Å²) in [7, 11) is -2.27. The summed E-state index contributed by atoms with van der Waals surface area (Å²) in [5.41, 5.74) is 4.68. The number of sulfonamides is 1. The van der Waals surface area contributed by atoms with Crippen LogP contribution in [0.5, 0.6) is 0 Å². The Labute approximate surface area is 226 Å². The van der Waals surface area contributed by atoms with E-state index in [0.717, 1.165) is 22.9 Å². The van der Waals surface area contributed by atoms with Crippen molar-refractivity contribution >= 4 is 32.6 Å². The van der Waals surface area contributed by atoms with Gasteiger partial charge >= 0.3 is 0 Å². The van der Waals surface area contributed by atoms with Gasteiger partial charge in [-0.25, -0.2) is 12.8 Å². The van der Waals surface area contributed by atoms with E-state index in [2.05, 4.69) is 5.32 Å². The molecule has 0 radical (unpaired) electrons. The maximum Gasteiger partial charge on any atom is 0.255 e. The molecule has 0 aliphatic heterocycles. The molecule has 5 aromatic rings. The molecule has 0 aliphatic rings. The molecule has 6 nitrogen and oxygen atoms in total. The lowest BCUT2D eigenvalue weighted by Gasteiger charge is -2.25. The van der Waals surface area contributed by atoms with Crippen molar-refractivity contribution in [3.8, 4) is 22.5 Å². The average molecular weight is 543 g/mol. The van der Waals surface area contributed by atoms with Crippen molar-refractivity contribution in [1.82, 2.24) is 5.32 Å². The number of hydrogen-bond donors (Lipinski definition) is 1. The maximum atomic E-state index is 14.0. The number of anilines is 1. The molecule has 198 valence electrons. The molecular formula is C31H27FN2O4S. The Morgan fingerprint density at radius 3 is 2.28 bits per heavy atom. The Morgan fingerprint density at radius 1 is 0.923 bits per heavy atom. The fourth-order valence-electron chi connectivity index (χ4n) is 4.63. The first-order valence-electron chi connectivity index (χ1n) is 12.3. The van der Waals surface area contributed by atoms with Crippen LogP contribution >= 0.6 is 0 Å². The highest BCUT2D eigenvalue weighted by atomic mass is 32.2. The Bertz CT molecular complexity index is 1780. The molecule has 0 spiro atoms. The second-order valence-corrected chi connectivity index (χ2v) is 11.3. The summed E-state index contributed by atoms with van der Waals surface area (Å²) < 4.78 is 47.8. The third kappa shape index (κ3) is 5.28. The van der Waals surface area contributed by atoms with Gasteiger partial charge in [-0.1, -0.05) is 72.3 Å². The van der Waals surface area contributed by atoms with Crippen molar-refractivity contribution in [2.75, 3.05) is 17.6 Å². The number of rotatable bonds is 7. The highest BCUT2D eigenvalue weighted by Gasteiger charge is 2.27. The molecule has 39 heavy (non-hydrogen) atoms. The number of hydrogen-bond acceptors (Lipinski definition) is 4. The van der Waals surface area contributed by atoms with Gasteiger partial charge in [-0.05, 0) is 36.2 Å². The zero-order chi connectivity index (χ0) is 27.7. The van der Waals surface area contributed by atoms with E-state index in [-0.39, 0.29) is 12.5 Å². The topological polar surface area (TPSA) is 79.6 Å². The van der Waals surface area contributed by atoms with Gasteiger partial charge in [0.1, 0.15) is 17.2 Å². The Balaban J connectivity index is 1.81. The molecule has 1 amide bonds. The molecular weight excluding hydrogens is 515 g/mol. The van der Waals surface area contributed by atoms with Gasteiger partial charge in [-0.15, -0.1) is 0 Å². The molecule has 0 atom stereocenters. The Morgan fingerprint density at radius 2 is 1.64 bits per heavy atom. The number of benzene rings is 4. The van der Waals surface area contributed by atoms with Crippen LogP contribution in [-0.2, 0) is 16.6 Å². The number of fused-ring (bicyclic) bond motifs is 1. The van der Waals surface area contributed by atoms with Crippen LogP contribution in [0.2, 0.25) is 0 Å². The van der Waals surface area contributed by atoms with Crippen LogP contribution in [-0.4, -0.2) is 27.6 Å². The second kappa shape index (κ2) is 10.4. The normalized spacial score (nSPS) is 11.5. The van der Waals surface area contributed by atoms with Gasteiger partial charge in [0, 0.05) is 29.6 Å². The monoisotopic (exact) mass is 542 g/mol. The first-order chi connectivity index (χ1) is 18.7. The number of halogens is 1. The lowest BCUT2D eigenvalue weighted by Crippen LogP contribution is -2.29. The molecule has 0 unspecified atom stereocenters. The van der Waals surface area contributed by atoms with E-state index in [1.165, 1.54) is 16.4 Å². The molecule has 0 aliphatic carbocycles. The van der Waals surface area contributed by atoms with Crippen molar-refractivity contribution in [2.45, 2.75) is 13.5 Å². The summed E-state index contributed by atoms with van der Waals surface area (Å²) in [6.45, 7) is 1.88. The van der Waals surface area contributed by atoms with Crippen molar-refractivity contribution < 1.29 is 22.0 Å². The van der Waals surface area contributed by atoms with Crippen molar-refractivity contribution in [3.63, 3.8) is 0 Å². The second-order valence-electron chi connectivity index (χ2n) is 9.38. The summed E-state index contributed by atoms with van der Waals surface area (Å²) >= 11 is 0. The minimum absolute atomic E-state index is 0.0875. The Hall–Kier alpha value is -4.43. The van der Waals surface area contributed by atoms with E-state index in [4.69, 9.17) is 4.42 Å². The van der Waals surface area contributed by atoms with Crippen LogP contribution in [0.15, 0.2) is 95.4 Å². The van der Waals surface area contributed by atoms with E-state index in [1.54, 1.807) is 31.3 Å². The maximum absolute atomic E-state index is 14.0. The van der Waals surface area contributed by atoms with Gasteiger partial charge in [0.25, 0.3) is 5.91 Å². The molecule has 0 fully saturated rings. The minimum Gasteiger partial charge on any atom is -0.455 e. The van der Waals surface area contributed by atoms with Gasteiger partial charge in [-0.3, -0.25) is 9.10 Å².